The molecule has 0 aliphatic carbocycles. The Labute approximate surface area is 138 Å². The molecule has 1 aliphatic heterocycles. The van der Waals surface area contributed by atoms with E-state index in [1.165, 1.54) is 89.9 Å². The van der Waals surface area contributed by atoms with E-state index in [9.17, 15) is 0 Å². The fraction of sp³-hybridized carbons (Fsp3) is 0.800. The third-order valence-electron chi connectivity index (χ3n) is 4.37. The first-order valence-electron chi connectivity index (χ1n) is 9.70. The molecule has 1 rings (SSSR count). The molecule has 0 aromatic rings. The van der Waals surface area contributed by atoms with Crippen molar-refractivity contribution in [2.45, 2.75) is 96.8 Å². The van der Waals surface area contributed by atoms with Crippen molar-refractivity contribution < 1.29 is 4.84 Å². The normalized spacial score (nSPS) is 13.6. The van der Waals surface area contributed by atoms with E-state index >= 15 is 0 Å². The minimum atomic E-state index is 1.01. The molecule has 2 nitrogen and oxygen atoms in total. The molecule has 0 saturated heterocycles. The minimum absolute atomic E-state index is 1.01. The number of allylic oxidation sites excluding steroid dienone is 2. The fourth-order valence-corrected chi connectivity index (χ4v) is 2.93. The van der Waals surface area contributed by atoms with Gasteiger partial charge in [0, 0.05) is 6.20 Å². The van der Waals surface area contributed by atoms with Crippen molar-refractivity contribution in [1.82, 2.24) is 5.06 Å². The Morgan fingerprint density at radius 1 is 0.636 bits per heavy atom. The van der Waals surface area contributed by atoms with Crippen molar-refractivity contribution >= 4 is 0 Å². The minimum Gasteiger partial charge on any atom is -0.388 e. The summed E-state index contributed by atoms with van der Waals surface area (Å²) in [5, 5.41) is 1.92. The Morgan fingerprint density at radius 3 is 1.59 bits per heavy atom. The molecule has 0 radical (unpaired) electrons. The van der Waals surface area contributed by atoms with Gasteiger partial charge < -0.3 is 4.84 Å². The predicted octanol–water partition coefficient (Wildman–Crippen LogP) is 6.74. The number of hydrogen-bond donors (Lipinski definition) is 0. The van der Waals surface area contributed by atoms with E-state index in [1.54, 1.807) is 6.26 Å². The number of hydroxylamine groups is 2. The first-order chi connectivity index (χ1) is 10.9. The van der Waals surface area contributed by atoms with Gasteiger partial charge in [0.05, 0.1) is 6.54 Å². The second-order valence-corrected chi connectivity index (χ2v) is 6.51. The van der Waals surface area contributed by atoms with Gasteiger partial charge in [-0.25, -0.2) is 5.06 Å². The summed E-state index contributed by atoms with van der Waals surface area (Å²) in [6.45, 7) is 3.30. The summed E-state index contributed by atoms with van der Waals surface area (Å²) in [5.41, 5.74) is 0. The van der Waals surface area contributed by atoms with Crippen LogP contribution in [0, 0.1) is 0 Å². The van der Waals surface area contributed by atoms with E-state index in [2.05, 4.69) is 6.92 Å². The Hall–Kier alpha value is -0.920. The van der Waals surface area contributed by atoms with Crippen molar-refractivity contribution in [3.8, 4) is 0 Å². The lowest BCUT2D eigenvalue weighted by Crippen LogP contribution is -2.17. The van der Waals surface area contributed by atoms with Gasteiger partial charge in [-0.2, -0.15) is 0 Å². The molecule has 0 aromatic carbocycles. The van der Waals surface area contributed by atoms with Crippen LogP contribution in [0.4, 0.5) is 0 Å². The highest BCUT2D eigenvalue weighted by molar-refractivity contribution is 5.01. The first kappa shape index (κ1) is 19.1. The lowest BCUT2D eigenvalue weighted by Gasteiger charge is -2.19. The molecular weight excluding hydrogens is 270 g/mol. The van der Waals surface area contributed by atoms with Gasteiger partial charge in [-0.1, -0.05) is 90.4 Å². The predicted molar refractivity (Wildman–Crippen MR) is 96.4 cm³/mol. The summed E-state index contributed by atoms with van der Waals surface area (Å²) >= 11 is 0. The second kappa shape index (κ2) is 15.0. The van der Waals surface area contributed by atoms with E-state index in [0.29, 0.717) is 0 Å². The second-order valence-electron chi connectivity index (χ2n) is 6.51. The van der Waals surface area contributed by atoms with Gasteiger partial charge in [0.25, 0.3) is 0 Å². The average molecular weight is 308 g/mol. The molecule has 22 heavy (non-hydrogen) atoms. The van der Waals surface area contributed by atoms with E-state index in [4.69, 9.17) is 4.84 Å². The molecule has 1 heterocycles. The molecule has 128 valence electrons. The maximum atomic E-state index is 5.36. The van der Waals surface area contributed by atoms with Crippen LogP contribution >= 0.6 is 0 Å². The summed E-state index contributed by atoms with van der Waals surface area (Å²) in [4.78, 5) is 5.36. The number of rotatable bonds is 15. The monoisotopic (exact) mass is 307 g/mol. The van der Waals surface area contributed by atoms with Crippen LogP contribution in [-0.4, -0.2) is 11.6 Å². The van der Waals surface area contributed by atoms with Crippen molar-refractivity contribution in [1.29, 1.82) is 0 Å². The zero-order chi connectivity index (χ0) is 15.7. The van der Waals surface area contributed by atoms with E-state index in [1.807, 2.05) is 23.4 Å². The summed E-state index contributed by atoms with van der Waals surface area (Å²) in [5.74, 6) is 0. The smallest absolute Gasteiger partial charge is 0.119 e. The topological polar surface area (TPSA) is 12.5 Å². The van der Waals surface area contributed by atoms with Gasteiger partial charge >= 0.3 is 0 Å². The molecule has 2 heteroatoms. The summed E-state index contributed by atoms with van der Waals surface area (Å²) in [6.07, 6.45) is 27.4. The molecule has 0 atom stereocenters. The van der Waals surface area contributed by atoms with Crippen LogP contribution in [0.1, 0.15) is 96.8 Å². The maximum Gasteiger partial charge on any atom is 0.119 e. The van der Waals surface area contributed by atoms with Crippen LogP contribution in [0.3, 0.4) is 0 Å². The Balaban J connectivity index is 1.69. The van der Waals surface area contributed by atoms with E-state index < -0.39 is 0 Å². The first-order valence-corrected chi connectivity index (χ1v) is 9.70. The molecule has 0 bridgehead atoms. The Bertz CT molecular complexity index is 285. The van der Waals surface area contributed by atoms with Crippen molar-refractivity contribution in [2.24, 2.45) is 0 Å². The van der Waals surface area contributed by atoms with Gasteiger partial charge in [0.2, 0.25) is 0 Å². The van der Waals surface area contributed by atoms with Crippen molar-refractivity contribution in [3.63, 3.8) is 0 Å². The van der Waals surface area contributed by atoms with Gasteiger partial charge in [-0.05, 0) is 18.6 Å². The lowest BCUT2D eigenvalue weighted by atomic mass is 10.0. The zero-order valence-corrected chi connectivity index (χ0v) is 14.8. The largest absolute Gasteiger partial charge is 0.388 e. The zero-order valence-electron chi connectivity index (χ0n) is 14.8. The van der Waals surface area contributed by atoms with E-state index in [0.717, 1.165) is 6.54 Å². The molecule has 0 amide bonds. The standard InChI is InChI=1S/C20H37NO/c1-2-3-4-5-6-7-8-9-10-11-12-13-14-15-18-21-19-16-17-20-22-21/h16-17,19-20H,2-15,18H2,1H3. The number of unbranched alkanes of at least 4 members (excludes halogenated alkanes) is 13. The number of nitrogens with zero attached hydrogens (tertiary/aromatic N) is 1. The van der Waals surface area contributed by atoms with Gasteiger partial charge in [-0.3, -0.25) is 0 Å². The molecule has 0 unspecified atom stereocenters. The SMILES string of the molecule is CCCCCCCCCCCCCCCCN1C=CC=CO1. The lowest BCUT2D eigenvalue weighted by molar-refractivity contribution is -0.0604. The van der Waals surface area contributed by atoms with Crippen LogP contribution in [0.15, 0.2) is 24.6 Å². The third kappa shape index (κ3) is 11.7. The van der Waals surface area contributed by atoms with Crippen LogP contribution < -0.4 is 0 Å². The summed E-state index contributed by atoms with van der Waals surface area (Å²) in [7, 11) is 0. The van der Waals surface area contributed by atoms with Crippen LogP contribution in [-0.2, 0) is 4.84 Å². The Morgan fingerprint density at radius 2 is 1.14 bits per heavy atom. The highest BCUT2D eigenvalue weighted by atomic mass is 16.7. The molecule has 0 N–H and O–H groups in total. The van der Waals surface area contributed by atoms with E-state index in [-0.39, 0.29) is 0 Å². The van der Waals surface area contributed by atoms with Crippen molar-refractivity contribution in [2.75, 3.05) is 6.54 Å². The summed E-state index contributed by atoms with van der Waals surface area (Å²) in [6, 6.07) is 0. The third-order valence-corrected chi connectivity index (χ3v) is 4.37. The molecular formula is C20H37NO. The quantitative estimate of drug-likeness (QED) is 0.310. The van der Waals surface area contributed by atoms with Crippen LogP contribution in [0.5, 0.6) is 0 Å². The highest BCUT2D eigenvalue weighted by Crippen LogP contribution is 2.13. The van der Waals surface area contributed by atoms with Gasteiger partial charge in [0.15, 0.2) is 0 Å². The van der Waals surface area contributed by atoms with Crippen LogP contribution in [0.2, 0.25) is 0 Å². The average Bonchev–Trinajstić information content (AvgIpc) is 2.56. The fourth-order valence-electron chi connectivity index (χ4n) is 2.93. The molecule has 0 spiro atoms. The molecule has 1 aliphatic rings. The van der Waals surface area contributed by atoms with Gasteiger partial charge in [0.1, 0.15) is 6.26 Å². The Kier molecular flexibility index (Phi) is 13.0. The molecule has 0 saturated carbocycles. The van der Waals surface area contributed by atoms with Gasteiger partial charge in [-0.15, -0.1) is 0 Å². The van der Waals surface area contributed by atoms with Crippen molar-refractivity contribution in [3.05, 3.63) is 24.6 Å². The highest BCUT2D eigenvalue weighted by Gasteiger charge is 2.00. The van der Waals surface area contributed by atoms with Crippen LogP contribution in [0.25, 0.3) is 0 Å². The maximum absolute atomic E-state index is 5.36. The molecule has 0 aromatic heterocycles. The number of hydrogen-bond acceptors (Lipinski definition) is 2. The summed E-state index contributed by atoms with van der Waals surface area (Å²) < 4.78 is 0. The molecule has 0 fully saturated rings.